The minimum absolute atomic E-state index is 0.254. The minimum Gasteiger partial charge on any atom is -0.383 e. The van der Waals surface area contributed by atoms with E-state index in [-0.39, 0.29) is 11.5 Å². The summed E-state index contributed by atoms with van der Waals surface area (Å²) in [5.41, 5.74) is 8.17. The number of hydrogen-bond acceptors (Lipinski definition) is 8. The second-order valence-electron chi connectivity index (χ2n) is 8.59. The number of hydrogen-bond donors (Lipinski definition) is 3. The van der Waals surface area contributed by atoms with Crippen LogP contribution in [-0.2, 0) is 0 Å². The Hall–Kier alpha value is -2.84. The summed E-state index contributed by atoms with van der Waals surface area (Å²) >= 11 is 0. The van der Waals surface area contributed by atoms with Gasteiger partial charge in [0, 0.05) is 49.4 Å². The number of piperazine rings is 1. The van der Waals surface area contributed by atoms with Crippen LogP contribution in [0.1, 0.15) is 47.2 Å². The molecule has 1 aromatic heterocycles. The van der Waals surface area contributed by atoms with E-state index in [9.17, 15) is 4.79 Å². The Morgan fingerprint density at radius 3 is 2.42 bits per heavy atom. The van der Waals surface area contributed by atoms with Gasteiger partial charge < -0.3 is 16.0 Å². The van der Waals surface area contributed by atoms with Crippen LogP contribution in [0, 0.1) is 5.41 Å². The van der Waals surface area contributed by atoms with Crippen molar-refractivity contribution >= 4 is 23.6 Å². The molecule has 2 heterocycles. The maximum absolute atomic E-state index is 10.9. The highest BCUT2D eigenvalue weighted by Gasteiger charge is 2.28. The summed E-state index contributed by atoms with van der Waals surface area (Å²) in [5.74, 6) is 0.896. The van der Waals surface area contributed by atoms with Gasteiger partial charge in [0.2, 0.25) is 0 Å². The Morgan fingerprint density at radius 1 is 1.10 bits per heavy atom. The molecule has 1 saturated carbocycles. The number of benzene rings is 1. The number of rotatable bonds is 6. The van der Waals surface area contributed by atoms with E-state index >= 15 is 0 Å². The molecule has 4 N–H and O–H groups in total. The average Bonchev–Trinajstić information content (AvgIpc) is 2.80. The molecule has 2 fully saturated rings. The van der Waals surface area contributed by atoms with Crippen molar-refractivity contribution in [2.75, 3.05) is 44.3 Å². The lowest BCUT2D eigenvalue weighted by Gasteiger charge is -2.41. The van der Waals surface area contributed by atoms with Gasteiger partial charge >= 0.3 is 0 Å². The van der Waals surface area contributed by atoms with E-state index in [2.05, 4.69) is 32.1 Å². The third-order valence-corrected chi connectivity index (χ3v) is 6.55. The lowest BCUT2D eigenvalue weighted by molar-refractivity contribution is 0.0894. The Balaban J connectivity index is 1.43. The normalized spacial score (nSPS) is 22.7. The zero-order valence-electron chi connectivity index (χ0n) is 18.1. The van der Waals surface area contributed by atoms with Crippen LogP contribution < -0.4 is 11.1 Å². The summed E-state index contributed by atoms with van der Waals surface area (Å²) in [6, 6.07) is 7.87. The van der Waals surface area contributed by atoms with Crippen LogP contribution in [0.5, 0.6) is 0 Å². The molecule has 0 amide bonds. The Labute approximate surface area is 183 Å². The van der Waals surface area contributed by atoms with Gasteiger partial charge in [-0.1, -0.05) is 24.3 Å². The van der Waals surface area contributed by atoms with Crippen LogP contribution in [0.25, 0.3) is 0 Å². The molecule has 2 aliphatic rings. The van der Waals surface area contributed by atoms with Gasteiger partial charge in [-0.2, -0.15) is 0 Å². The maximum Gasteiger partial charge on any atom is 0.150 e. The first-order valence-electron chi connectivity index (χ1n) is 11.0. The molecule has 4 rings (SSSR count). The van der Waals surface area contributed by atoms with E-state index in [1.165, 1.54) is 19.2 Å². The highest BCUT2D eigenvalue weighted by atomic mass is 16.1. The van der Waals surface area contributed by atoms with Gasteiger partial charge in [-0.05, 0) is 32.7 Å². The van der Waals surface area contributed by atoms with Crippen molar-refractivity contribution in [3.05, 3.63) is 47.3 Å². The summed E-state index contributed by atoms with van der Waals surface area (Å²) in [6.45, 7) is 4.62. The zero-order chi connectivity index (χ0) is 21.8. The highest BCUT2D eigenvalue weighted by Crippen LogP contribution is 2.28. The lowest BCUT2D eigenvalue weighted by Crippen LogP contribution is -2.50. The standard InChI is InChI=1S/C23H31N7O/c1-29-10-12-30(13-11-29)19-8-6-18(7-9-19)28-23-20(22(25)26-15-27-23)21(24)17-4-2-16(14-31)3-5-17/h2-5,14-15,18-19,24H,6-13H2,1H3,(H3,25,26,27,28). The Morgan fingerprint density at radius 2 is 1.77 bits per heavy atom. The smallest absolute Gasteiger partial charge is 0.150 e. The fourth-order valence-electron chi connectivity index (χ4n) is 4.59. The van der Waals surface area contributed by atoms with Gasteiger partial charge in [0.05, 0.1) is 11.3 Å². The summed E-state index contributed by atoms with van der Waals surface area (Å²) < 4.78 is 0. The summed E-state index contributed by atoms with van der Waals surface area (Å²) in [6.07, 6.45) is 6.71. The van der Waals surface area contributed by atoms with Gasteiger partial charge in [0.25, 0.3) is 0 Å². The van der Waals surface area contributed by atoms with Gasteiger partial charge in [0.1, 0.15) is 24.2 Å². The van der Waals surface area contributed by atoms with Gasteiger partial charge in [0.15, 0.2) is 0 Å². The van der Waals surface area contributed by atoms with E-state index in [0.717, 1.165) is 45.3 Å². The van der Waals surface area contributed by atoms with Crippen LogP contribution in [0.4, 0.5) is 11.6 Å². The highest BCUT2D eigenvalue weighted by molar-refractivity contribution is 6.16. The molecule has 0 radical (unpaired) electrons. The van der Waals surface area contributed by atoms with Crippen LogP contribution in [0.15, 0.2) is 30.6 Å². The summed E-state index contributed by atoms with van der Waals surface area (Å²) in [7, 11) is 2.19. The van der Waals surface area contributed by atoms with Crippen molar-refractivity contribution in [1.29, 1.82) is 5.41 Å². The average molecular weight is 422 g/mol. The molecule has 1 aromatic carbocycles. The number of nitrogens with one attached hydrogen (secondary N) is 2. The largest absolute Gasteiger partial charge is 0.383 e. The SMILES string of the molecule is CN1CCN(C2CCC(Nc3ncnc(N)c3C(=N)c3ccc(C=O)cc3)CC2)CC1. The predicted octanol–water partition coefficient (Wildman–Crippen LogP) is 2.26. The number of carbonyl (C=O) groups is 1. The molecule has 0 bridgehead atoms. The van der Waals surface area contributed by atoms with Gasteiger partial charge in [-0.15, -0.1) is 0 Å². The number of nitrogens with zero attached hydrogens (tertiary/aromatic N) is 4. The van der Waals surface area contributed by atoms with Crippen LogP contribution in [-0.4, -0.2) is 77.1 Å². The number of anilines is 2. The molecule has 1 saturated heterocycles. The predicted molar refractivity (Wildman–Crippen MR) is 123 cm³/mol. The molecular weight excluding hydrogens is 390 g/mol. The summed E-state index contributed by atoms with van der Waals surface area (Å²) in [5, 5.41) is 12.2. The van der Waals surface area contributed by atoms with Crippen LogP contribution in [0.3, 0.4) is 0 Å². The minimum atomic E-state index is 0.254. The number of aldehydes is 1. The molecule has 8 nitrogen and oxygen atoms in total. The van der Waals surface area contributed by atoms with Crippen molar-refractivity contribution in [2.45, 2.75) is 37.8 Å². The number of carbonyl (C=O) groups excluding carboxylic acids is 1. The molecule has 0 spiro atoms. The van der Waals surface area contributed by atoms with Crippen LogP contribution in [0.2, 0.25) is 0 Å². The number of nitrogens with two attached hydrogens (primary N) is 1. The van der Waals surface area contributed by atoms with Gasteiger partial charge in [-0.3, -0.25) is 15.1 Å². The molecule has 1 aliphatic carbocycles. The Kier molecular flexibility index (Phi) is 6.58. The second-order valence-corrected chi connectivity index (χ2v) is 8.59. The molecular formula is C23H31N7O. The fourth-order valence-corrected chi connectivity index (χ4v) is 4.59. The summed E-state index contributed by atoms with van der Waals surface area (Å²) in [4.78, 5) is 24.5. The topological polar surface area (TPSA) is 111 Å². The van der Waals surface area contributed by atoms with Crippen molar-refractivity contribution in [3.8, 4) is 0 Å². The first-order chi connectivity index (χ1) is 15.0. The number of nitrogen functional groups attached to an aromatic ring is 1. The molecule has 1 aliphatic heterocycles. The molecule has 31 heavy (non-hydrogen) atoms. The first kappa shape index (κ1) is 21.4. The third kappa shape index (κ3) is 4.91. The lowest BCUT2D eigenvalue weighted by atomic mass is 9.89. The van der Waals surface area contributed by atoms with Crippen LogP contribution >= 0.6 is 0 Å². The second kappa shape index (κ2) is 9.53. The fraction of sp³-hybridized carbons (Fsp3) is 0.478. The molecule has 0 unspecified atom stereocenters. The molecule has 0 atom stereocenters. The van der Waals surface area contributed by atoms with Crippen molar-refractivity contribution in [3.63, 3.8) is 0 Å². The van der Waals surface area contributed by atoms with Crippen molar-refractivity contribution in [2.24, 2.45) is 0 Å². The molecule has 164 valence electrons. The van der Waals surface area contributed by atoms with E-state index in [0.29, 0.717) is 34.6 Å². The first-order valence-corrected chi connectivity index (χ1v) is 11.0. The zero-order valence-corrected chi connectivity index (χ0v) is 18.1. The van der Waals surface area contributed by atoms with Crippen molar-refractivity contribution in [1.82, 2.24) is 19.8 Å². The van der Waals surface area contributed by atoms with E-state index in [4.69, 9.17) is 11.1 Å². The molecule has 8 heteroatoms. The quantitative estimate of drug-likeness (QED) is 0.484. The van der Waals surface area contributed by atoms with E-state index < -0.39 is 0 Å². The van der Waals surface area contributed by atoms with Gasteiger partial charge in [-0.25, -0.2) is 9.97 Å². The van der Waals surface area contributed by atoms with E-state index in [1.54, 1.807) is 24.3 Å². The van der Waals surface area contributed by atoms with Crippen molar-refractivity contribution < 1.29 is 4.79 Å². The third-order valence-electron chi connectivity index (χ3n) is 6.55. The molecule has 2 aromatic rings. The number of likely N-dealkylation sites (N-methyl/N-ethyl adjacent to an activating group) is 1. The Bertz CT molecular complexity index is 914. The van der Waals surface area contributed by atoms with E-state index in [1.807, 2.05) is 0 Å². The number of aromatic nitrogens is 2. The monoisotopic (exact) mass is 421 g/mol. The maximum atomic E-state index is 10.9.